The number of rotatable bonds is 4. The van der Waals surface area contributed by atoms with Crippen LogP contribution in [0.1, 0.15) is 22.5 Å². The van der Waals surface area contributed by atoms with E-state index in [0.29, 0.717) is 17.3 Å². The summed E-state index contributed by atoms with van der Waals surface area (Å²) in [5.41, 5.74) is 1.02. The summed E-state index contributed by atoms with van der Waals surface area (Å²) in [6.07, 6.45) is 0. The molecule has 2 unspecified atom stereocenters. The maximum atomic E-state index is 11.5. The van der Waals surface area contributed by atoms with Gasteiger partial charge in [0.15, 0.2) is 0 Å². The Kier molecular flexibility index (Phi) is 4.47. The van der Waals surface area contributed by atoms with Crippen molar-refractivity contribution in [2.75, 3.05) is 5.75 Å². The first kappa shape index (κ1) is 15.5. The number of carbonyl (C=O) groups is 1. The predicted octanol–water partition coefficient (Wildman–Crippen LogP) is 3.94. The Hall–Kier alpha value is -1.43. The predicted molar refractivity (Wildman–Crippen MR) is 87.1 cm³/mol. The summed E-state index contributed by atoms with van der Waals surface area (Å²) in [4.78, 5) is 13.5. The third kappa shape index (κ3) is 3.16. The highest BCUT2D eigenvalue weighted by molar-refractivity contribution is 7.99. The van der Waals surface area contributed by atoms with E-state index in [9.17, 15) is 9.90 Å². The first-order chi connectivity index (χ1) is 10.5. The number of aliphatic carboxylic acids is 1. The maximum absolute atomic E-state index is 11.5. The first-order valence-electron chi connectivity index (χ1n) is 6.95. The zero-order valence-electron chi connectivity index (χ0n) is 12.0. The van der Waals surface area contributed by atoms with E-state index in [1.54, 1.807) is 11.8 Å². The Bertz CT molecular complexity index is 688. The number of carboxylic acids is 1. The summed E-state index contributed by atoms with van der Waals surface area (Å²) in [5, 5.41) is 10.1. The van der Waals surface area contributed by atoms with E-state index in [1.807, 2.05) is 48.2 Å². The summed E-state index contributed by atoms with van der Waals surface area (Å²) >= 11 is 7.69. The molecule has 1 N–H and O–H groups in total. The number of aryl methyl sites for hydroxylation is 1. The van der Waals surface area contributed by atoms with Gasteiger partial charge in [-0.25, -0.2) is 0 Å². The summed E-state index contributed by atoms with van der Waals surface area (Å²) in [5.74, 6) is 1.35. The second-order valence-electron chi connectivity index (χ2n) is 5.28. The van der Waals surface area contributed by atoms with Crippen LogP contribution in [0.4, 0.5) is 0 Å². The molecule has 4 nitrogen and oxygen atoms in total. The average molecular weight is 338 g/mol. The molecule has 0 spiro atoms. The molecule has 1 aromatic carbocycles. The number of hydrogen-bond donors (Lipinski definition) is 1. The van der Waals surface area contributed by atoms with E-state index in [-0.39, 0.29) is 5.37 Å². The van der Waals surface area contributed by atoms with Gasteiger partial charge >= 0.3 is 5.97 Å². The number of furan rings is 1. The van der Waals surface area contributed by atoms with Crippen LogP contribution in [-0.4, -0.2) is 27.8 Å². The minimum Gasteiger partial charge on any atom is -0.480 e. The third-order valence-corrected chi connectivity index (χ3v) is 5.27. The van der Waals surface area contributed by atoms with Gasteiger partial charge in [-0.15, -0.1) is 11.8 Å². The van der Waals surface area contributed by atoms with E-state index in [4.69, 9.17) is 16.0 Å². The summed E-state index contributed by atoms with van der Waals surface area (Å²) in [6, 6.07) is 10.8. The van der Waals surface area contributed by atoms with Crippen LogP contribution in [0.15, 0.2) is 40.8 Å². The molecule has 1 aromatic heterocycles. The molecule has 0 amide bonds. The van der Waals surface area contributed by atoms with Crippen LogP contribution in [0.5, 0.6) is 0 Å². The van der Waals surface area contributed by atoms with Crippen LogP contribution in [0, 0.1) is 6.92 Å². The van der Waals surface area contributed by atoms with Crippen molar-refractivity contribution in [3.8, 4) is 0 Å². The van der Waals surface area contributed by atoms with Crippen molar-refractivity contribution in [1.29, 1.82) is 0 Å². The largest absolute Gasteiger partial charge is 0.480 e. The van der Waals surface area contributed by atoms with E-state index < -0.39 is 12.0 Å². The van der Waals surface area contributed by atoms with Gasteiger partial charge in [-0.1, -0.05) is 23.7 Å². The standard InChI is InChI=1S/C16H16ClNO3S/c1-10-5-6-13(21-10)8-18-14(16(19)20)9-22-15(18)11-3-2-4-12(17)7-11/h2-7,14-15H,8-9H2,1H3,(H,19,20). The molecule has 1 saturated heterocycles. The molecule has 1 aliphatic rings. The van der Waals surface area contributed by atoms with Crippen molar-refractivity contribution in [3.05, 3.63) is 58.5 Å². The quantitative estimate of drug-likeness (QED) is 0.915. The Balaban J connectivity index is 1.89. The minimum absolute atomic E-state index is 0.0368. The molecule has 6 heteroatoms. The third-order valence-electron chi connectivity index (χ3n) is 3.67. The topological polar surface area (TPSA) is 53.7 Å². The van der Waals surface area contributed by atoms with E-state index in [2.05, 4.69) is 0 Å². The number of carboxylic acid groups (broad SMARTS) is 1. The van der Waals surface area contributed by atoms with Crippen molar-refractivity contribution in [3.63, 3.8) is 0 Å². The Morgan fingerprint density at radius 2 is 2.27 bits per heavy atom. The lowest BCUT2D eigenvalue weighted by Gasteiger charge is -2.26. The maximum Gasteiger partial charge on any atom is 0.321 e. The molecule has 0 bridgehead atoms. The Labute approximate surface area is 138 Å². The highest BCUT2D eigenvalue weighted by Gasteiger charge is 2.39. The van der Waals surface area contributed by atoms with Crippen molar-refractivity contribution < 1.29 is 14.3 Å². The van der Waals surface area contributed by atoms with Gasteiger partial charge in [-0.05, 0) is 36.8 Å². The highest BCUT2D eigenvalue weighted by Crippen LogP contribution is 2.42. The molecule has 1 fully saturated rings. The van der Waals surface area contributed by atoms with Crippen molar-refractivity contribution in [2.24, 2.45) is 0 Å². The molecule has 0 radical (unpaired) electrons. The van der Waals surface area contributed by atoms with Crippen molar-refractivity contribution >= 4 is 29.3 Å². The van der Waals surface area contributed by atoms with Crippen molar-refractivity contribution in [2.45, 2.75) is 24.9 Å². The zero-order valence-corrected chi connectivity index (χ0v) is 13.6. The summed E-state index contributed by atoms with van der Waals surface area (Å²) in [6.45, 7) is 2.35. The van der Waals surface area contributed by atoms with Crippen LogP contribution in [0.2, 0.25) is 5.02 Å². The smallest absolute Gasteiger partial charge is 0.321 e. The molecular formula is C16H16ClNO3S. The molecule has 3 rings (SSSR count). The fourth-order valence-corrected chi connectivity index (χ4v) is 4.29. The average Bonchev–Trinajstić information content (AvgIpc) is 3.06. The summed E-state index contributed by atoms with van der Waals surface area (Å²) < 4.78 is 5.61. The number of halogens is 1. The number of thioether (sulfide) groups is 1. The minimum atomic E-state index is -0.805. The van der Waals surface area contributed by atoms with E-state index >= 15 is 0 Å². The van der Waals surface area contributed by atoms with Gasteiger partial charge in [-0.2, -0.15) is 0 Å². The van der Waals surface area contributed by atoms with Crippen LogP contribution >= 0.6 is 23.4 Å². The van der Waals surface area contributed by atoms with Crippen LogP contribution in [-0.2, 0) is 11.3 Å². The van der Waals surface area contributed by atoms with Crippen LogP contribution < -0.4 is 0 Å². The van der Waals surface area contributed by atoms with Crippen LogP contribution in [0.25, 0.3) is 0 Å². The lowest BCUT2D eigenvalue weighted by Crippen LogP contribution is -2.38. The molecule has 2 heterocycles. The lowest BCUT2D eigenvalue weighted by molar-refractivity contribution is -0.142. The molecular weight excluding hydrogens is 322 g/mol. The molecule has 1 aliphatic heterocycles. The van der Waals surface area contributed by atoms with Crippen LogP contribution in [0.3, 0.4) is 0 Å². The second-order valence-corrected chi connectivity index (χ2v) is 6.83. The van der Waals surface area contributed by atoms with E-state index in [1.165, 1.54) is 0 Å². The SMILES string of the molecule is Cc1ccc(CN2C(C(=O)O)CSC2c2cccc(Cl)c2)o1. The van der Waals surface area contributed by atoms with Gasteiger partial charge < -0.3 is 9.52 Å². The molecule has 0 aliphatic carbocycles. The number of benzene rings is 1. The Morgan fingerprint density at radius 3 is 2.91 bits per heavy atom. The molecule has 22 heavy (non-hydrogen) atoms. The fourth-order valence-electron chi connectivity index (χ4n) is 2.64. The van der Waals surface area contributed by atoms with Gasteiger partial charge in [0.05, 0.1) is 11.9 Å². The molecule has 2 atom stereocenters. The first-order valence-corrected chi connectivity index (χ1v) is 8.38. The number of nitrogens with zero attached hydrogens (tertiary/aromatic N) is 1. The van der Waals surface area contributed by atoms with Crippen molar-refractivity contribution in [1.82, 2.24) is 4.90 Å². The van der Waals surface area contributed by atoms with Gasteiger partial charge in [-0.3, -0.25) is 9.69 Å². The monoisotopic (exact) mass is 337 g/mol. The zero-order chi connectivity index (χ0) is 15.7. The number of hydrogen-bond acceptors (Lipinski definition) is 4. The molecule has 0 saturated carbocycles. The second kappa shape index (κ2) is 6.36. The van der Waals surface area contributed by atoms with Gasteiger partial charge in [0, 0.05) is 10.8 Å². The van der Waals surface area contributed by atoms with E-state index in [0.717, 1.165) is 17.1 Å². The van der Waals surface area contributed by atoms with Gasteiger partial charge in [0.1, 0.15) is 17.6 Å². The molecule has 116 valence electrons. The summed E-state index contributed by atoms with van der Waals surface area (Å²) in [7, 11) is 0. The Morgan fingerprint density at radius 1 is 1.45 bits per heavy atom. The highest BCUT2D eigenvalue weighted by atomic mass is 35.5. The normalized spacial score (nSPS) is 22.1. The molecule has 2 aromatic rings. The fraction of sp³-hybridized carbons (Fsp3) is 0.312. The lowest BCUT2D eigenvalue weighted by atomic mass is 10.1. The van der Waals surface area contributed by atoms with Gasteiger partial charge in [0.2, 0.25) is 0 Å². The van der Waals surface area contributed by atoms with Gasteiger partial charge in [0.25, 0.3) is 0 Å².